The molecule has 0 radical (unpaired) electrons. The van der Waals surface area contributed by atoms with Gasteiger partial charge in [0.25, 0.3) is 0 Å². The van der Waals surface area contributed by atoms with Gasteiger partial charge in [-0.2, -0.15) is 8.78 Å². The summed E-state index contributed by atoms with van der Waals surface area (Å²) in [7, 11) is 0. The molecule has 0 atom stereocenters. The fourth-order valence-corrected chi connectivity index (χ4v) is 1.87. The number of carbonyl (C=O) groups is 1. The molecule has 6 heteroatoms. The standard InChI is InChI=1S/C17H16F2N2O2/c18-17(19)23-15-4-1-13(2-5-15)9-12-21-16(22)6-3-14-7-10-20-11-8-14/h1-8,10-11,17H,9,12H2,(H,21,22)/b6-3+. The van der Waals surface area contributed by atoms with Crippen molar-refractivity contribution in [2.75, 3.05) is 6.54 Å². The summed E-state index contributed by atoms with van der Waals surface area (Å²) >= 11 is 0. The van der Waals surface area contributed by atoms with Crippen LogP contribution in [0.5, 0.6) is 5.75 Å². The summed E-state index contributed by atoms with van der Waals surface area (Å²) in [6.07, 6.45) is 7.06. The molecule has 0 aliphatic heterocycles. The smallest absolute Gasteiger partial charge is 0.387 e. The number of aromatic nitrogens is 1. The molecule has 0 bridgehead atoms. The first kappa shape index (κ1) is 16.6. The van der Waals surface area contributed by atoms with Crippen LogP contribution >= 0.6 is 0 Å². The van der Waals surface area contributed by atoms with Crippen LogP contribution in [0.4, 0.5) is 8.78 Å². The van der Waals surface area contributed by atoms with Crippen molar-refractivity contribution in [3.05, 3.63) is 66.0 Å². The van der Waals surface area contributed by atoms with Gasteiger partial charge in [0, 0.05) is 25.0 Å². The minimum atomic E-state index is -2.83. The maximum atomic E-state index is 12.0. The zero-order valence-electron chi connectivity index (χ0n) is 12.3. The van der Waals surface area contributed by atoms with E-state index in [2.05, 4.69) is 15.0 Å². The Morgan fingerprint density at radius 1 is 1.17 bits per heavy atom. The van der Waals surface area contributed by atoms with Gasteiger partial charge in [-0.05, 0) is 47.9 Å². The Bertz CT molecular complexity index is 643. The molecule has 0 spiro atoms. The summed E-state index contributed by atoms with van der Waals surface area (Å²) in [4.78, 5) is 15.6. The summed E-state index contributed by atoms with van der Waals surface area (Å²) in [6, 6.07) is 9.94. The second-order valence-corrected chi connectivity index (χ2v) is 4.68. The molecule has 1 N–H and O–H groups in total. The monoisotopic (exact) mass is 318 g/mol. The number of rotatable bonds is 7. The second kappa shape index (κ2) is 8.63. The molecule has 2 rings (SSSR count). The van der Waals surface area contributed by atoms with Gasteiger partial charge < -0.3 is 10.1 Å². The average molecular weight is 318 g/mol. The Labute approximate surface area is 132 Å². The van der Waals surface area contributed by atoms with Crippen molar-refractivity contribution in [3.8, 4) is 5.75 Å². The maximum Gasteiger partial charge on any atom is 0.387 e. The molecule has 23 heavy (non-hydrogen) atoms. The number of halogens is 2. The highest BCUT2D eigenvalue weighted by molar-refractivity contribution is 5.91. The summed E-state index contributed by atoms with van der Waals surface area (Å²) in [5, 5.41) is 2.76. The molecule has 120 valence electrons. The van der Waals surface area contributed by atoms with Crippen molar-refractivity contribution in [2.45, 2.75) is 13.0 Å². The zero-order chi connectivity index (χ0) is 16.5. The number of nitrogens with zero attached hydrogens (tertiary/aromatic N) is 1. The van der Waals surface area contributed by atoms with Crippen molar-refractivity contribution in [1.29, 1.82) is 0 Å². The van der Waals surface area contributed by atoms with Crippen molar-refractivity contribution in [1.82, 2.24) is 10.3 Å². The lowest BCUT2D eigenvalue weighted by Gasteiger charge is -2.06. The lowest BCUT2D eigenvalue weighted by atomic mass is 10.1. The van der Waals surface area contributed by atoms with Gasteiger partial charge in [-0.3, -0.25) is 9.78 Å². The van der Waals surface area contributed by atoms with Crippen LogP contribution in [0.1, 0.15) is 11.1 Å². The number of alkyl halides is 2. The Balaban J connectivity index is 1.74. The molecule has 0 aliphatic carbocycles. The predicted molar refractivity (Wildman–Crippen MR) is 83.1 cm³/mol. The van der Waals surface area contributed by atoms with E-state index in [4.69, 9.17) is 0 Å². The van der Waals surface area contributed by atoms with E-state index in [0.29, 0.717) is 13.0 Å². The van der Waals surface area contributed by atoms with E-state index in [-0.39, 0.29) is 11.7 Å². The molecular formula is C17H16F2N2O2. The molecule has 4 nitrogen and oxygen atoms in total. The Morgan fingerprint density at radius 2 is 1.87 bits per heavy atom. The Kier molecular flexibility index (Phi) is 6.23. The third kappa shape index (κ3) is 6.25. The number of hydrogen-bond donors (Lipinski definition) is 1. The lowest BCUT2D eigenvalue weighted by Crippen LogP contribution is -2.23. The van der Waals surface area contributed by atoms with E-state index in [0.717, 1.165) is 11.1 Å². The van der Waals surface area contributed by atoms with Gasteiger partial charge in [-0.15, -0.1) is 0 Å². The number of ether oxygens (including phenoxy) is 1. The van der Waals surface area contributed by atoms with Crippen LogP contribution in [0.3, 0.4) is 0 Å². The van der Waals surface area contributed by atoms with E-state index < -0.39 is 6.61 Å². The number of carbonyl (C=O) groups excluding carboxylic acids is 1. The van der Waals surface area contributed by atoms with E-state index in [1.165, 1.54) is 18.2 Å². The molecule has 1 heterocycles. The second-order valence-electron chi connectivity index (χ2n) is 4.68. The molecule has 0 unspecified atom stereocenters. The minimum absolute atomic E-state index is 0.119. The average Bonchev–Trinajstić information content (AvgIpc) is 2.55. The minimum Gasteiger partial charge on any atom is -0.435 e. The van der Waals surface area contributed by atoms with Crippen molar-refractivity contribution >= 4 is 12.0 Å². The lowest BCUT2D eigenvalue weighted by molar-refractivity contribution is -0.116. The third-order valence-corrected chi connectivity index (χ3v) is 2.99. The summed E-state index contributed by atoms with van der Waals surface area (Å²) in [5.41, 5.74) is 1.81. The topological polar surface area (TPSA) is 51.2 Å². The van der Waals surface area contributed by atoms with Crippen LogP contribution in [-0.4, -0.2) is 24.0 Å². The highest BCUT2D eigenvalue weighted by Crippen LogP contribution is 2.14. The van der Waals surface area contributed by atoms with Gasteiger partial charge in [0.05, 0.1) is 0 Å². The molecule has 2 aromatic rings. The summed E-state index contributed by atoms with van der Waals surface area (Å²) in [6.45, 7) is -2.37. The Hall–Kier alpha value is -2.76. The number of amides is 1. The van der Waals surface area contributed by atoms with Gasteiger partial charge >= 0.3 is 6.61 Å². The number of benzene rings is 1. The quantitative estimate of drug-likeness (QED) is 0.798. The predicted octanol–water partition coefficient (Wildman–Crippen LogP) is 3.06. The van der Waals surface area contributed by atoms with Gasteiger partial charge in [-0.1, -0.05) is 12.1 Å². The van der Waals surface area contributed by atoms with Gasteiger partial charge in [0.15, 0.2) is 0 Å². The molecule has 0 saturated carbocycles. The van der Waals surface area contributed by atoms with E-state index in [9.17, 15) is 13.6 Å². The van der Waals surface area contributed by atoms with E-state index >= 15 is 0 Å². The van der Waals surface area contributed by atoms with Crippen LogP contribution in [0.2, 0.25) is 0 Å². The van der Waals surface area contributed by atoms with Gasteiger partial charge in [0.2, 0.25) is 5.91 Å². The number of nitrogens with one attached hydrogen (secondary N) is 1. The molecule has 1 amide bonds. The Morgan fingerprint density at radius 3 is 2.52 bits per heavy atom. The van der Waals surface area contributed by atoms with Crippen LogP contribution in [0, 0.1) is 0 Å². The fourth-order valence-electron chi connectivity index (χ4n) is 1.87. The van der Waals surface area contributed by atoms with Crippen molar-refractivity contribution < 1.29 is 18.3 Å². The van der Waals surface area contributed by atoms with Crippen LogP contribution < -0.4 is 10.1 Å². The first-order valence-corrected chi connectivity index (χ1v) is 7.03. The van der Waals surface area contributed by atoms with E-state index in [1.807, 2.05) is 0 Å². The molecule has 0 saturated heterocycles. The van der Waals surface area contributed by atoms with Crippen molar-refractivity contribution in [3.63, 3.8) is 0 Å². The summed E-state index contributed by atoms with van der Waals surface area (Å²) in [5.74, 6) is -0.0764. The highest BCUT2D eigenvalue weighted by atomic mass is 19.3. The van der Waals surface area contributed by atoms with Gasteiger partial charge in [0.1, 0.15) is 5.75 Å². The molecule has 0 aliphatic rings. The van der Waals surface area contributed by atoms with Crippen molar-refractivity contribution in [2.24, 2.45) is 0 Å². The first-order chi connectivity index (χ1) is 11.1. The molecule has 0 fully saturated rings. The van der Waals surface area contributed by atoms with Gasteiger partial charge in [-0.25, -0.2) is 0 Å². The first-order valence-electron chi connectivity index (χ1n) is 7.03. The molecular weight excluding hydrogens is 302 g/mol. The summed E-state index contributed by atoms with van der Waals surface area (Å²) < 4.78 is 28.3. The molecule has 1 aromatic heterocycles. The van der Waals surface area contributed by atoms with Crippen LogP contribution in [0.15, 0.2) is 54.9 Å². The largest absolute Gasteiger partial charge is 0.435 e. The van der Waals surface area contributed by atoms with E-state index in [1.54, 1.807) is 42.7 Å². The normalized spacial score (nSPS) is 10.9. The SMILES string of the molecule is O=C(/C=C/c1ccncc1)NCCc1ccc(OC(F)F)cc1. The third-order valence-electron chi connectivity index (χ3n) is 2.99. The maximum absolute atomic E-state index is 12.0. The fraction of sp³-hybridized carbons (Fsp3) is 0.176. The zero-order valence-corrected chi connectivity index (χ0v) is 12.3. The van der Waals surface area contributed by atoms with Crippen LogP contribution in [0.25, 0.3) is 6.08 Å². The number of hydrogen-bond acceptors (Lipinski definition) is 3. The highest BCUT2D eigenvalue weighted by Gasteiger charge is 2.03. The molecule has 1 aromatic carbocycles. The van der Waals surface area contributed by atoms with Crippen LogP contribution in [-0.2, 0) is 11.2 Å². The number of pyridine rings is 1.